The lowest BCUT2D eigenvalue weighted by atomic mass is 10.1. The number of hydrogen-bond acceptors (Lipinski definition) is 6. The minimum absolute atomic E-state index is 0.0870. The molecule has 0 unspecified atom stereocenters. The summed E-state index contributed by atoms with van der Waals surface area (Å²) in [6, 6.07) is 3.16. The van der Waals surface area contributed by atoms with Gasteiger partial charge in [-0.25, -0.2) is 4.39 Å². The highest BCUT2D eigenvalue weighted by Gasteiger charge is 2.20. The largest absolute Gasteiger partial charge is 0.403 e. The molecule has 0 radical (unpaired) electrons. The summed E-state index contributed by atoms with van der Waals surface area (Å²) in [6.07, 6.45) is 7.83. The number of benzene rings is 1. The molecule has 0 bridgehead atoms. The van der Waals surface area contributed by atoms with Crippen molar-refractivity contribution in [2.24, 2.45) is 4.99 Å². The molecule has 2 aromatic rings. The van der Waals surface area contributed by atoms with Crippen molar-refractivity contribution in [3.8, 4) is 11.5 Å². The number of hydrogen-bond donors (Lipinski definition) is 3. The van der Waals surface area contributed by atoms with E-state index in [0.29, 0.717) is 12.0 Å². The van der Waals surface area contributed by atoms with Crippen LogP contribution in [0.25, 0.3) is 11.5 Å². The Hall–Kier alpha value is -2.94. The van der Waals surface area contributed by atoms with Crippen LogP contribution in [0.3, 0.4) is 0 Å². The van der Waals surface area contributed by atoms with E-state index < -0.39 is 5.82 Å². The summed E-state index contributed by atoms with van der Waals surface area (Å²) in [7, 11) is 1.59. The molecule has 0 fully saturated rings. The summed E-state index contributed by atoms with van der Waals surface area (Å²) in [6.45, 7) is 2.00. The molecule has 1 aliphatic carbocycles. The van der Waals surface area contributed by atoms with E-state index in [9.17, 15) is 0 Å². The number of aliphatic imine (C=N–C) groups is 1. The highest BCUT2D eigenvalue weighted by Crippen LogP contribution is 2.35. The zero-order valence-electron chi connectivity index (χ0n) is 14.8. The molecule has 0 atom stereocenters. The SMILES string of the molecule is CN=CNc1ccc(-c2nnc(N)o2)c(NC2=CC=C(Br)C=C(C)C2)c1F. The first-order valence-corrected chi connectivity index (χ1v) is 8.87. The molecule has 1 heterocycles. The summed E-state index contributed by atoms with van der Waals surface area (Å²) < 4.78 is 21.4. The highest BCUT2D eigenvalue weighted by molar-refractivity contribution is 9.11. The number of nitrogens with one attached hydrogen (secondary N) is 2. The Labute approximate surface area is 164 Å². The van der Waals surface area contributed by atoms with Crippen LogP contribution >= 0.6 is 15.9 Å². The second-order valence-electron chi connectivity index (χ2n) is 5.86. The second-order valence-corrected chi connectivity index (χ2v) is 6.78. The molecule has 0 aliphatic heterocycles. The molecule has 9 heteroatoms. The fourth-order valence-electron chi connectivity index (χ4n) is 2.59. The fourth-order valence-corrected chi connectivity index (χ4v) is 3.11. The summed E-state index contributed by atoms with van der Waals surface area (Å²) in [4.78, 5) is 3.82. The Kier molecular flexibility index (Phi) is 5.70. The van der Waals surface area contributed by atoms with Crippen LogP contribution < -0.4 is 16.4 Å². The van der Waals surface area contributed by atoms with Crippen molar-refractivity contribution in [1.82, 2.24) is 10.2 Å². The zero-order chi connectivity index (χ0) is 19.4. The Morgan fingerprint density at radius 1 is 1.33 bits per heavy atom. The zero-order valence-corrected chi connectivity index (χ0v) is 16.3. The van der Waals surface area contributed by atoms with Gasteiger partial charge in [-0.1, -0.05) is 26.6 Å². The number of allylic oxidation sites excluding steroid dienone is 5. The minimum Gasteiger partial charge on any atom is -0.403 e. The number of rotatable bonds is 5. The van der Waals surface area contributed by atoms with Gasteiger partial charge < -0.3 is 20.8 Å². The van der Waals surface area contributed by atoms with Crippen molar-refractivity contribution in [3.05, 3.63) is 51.9 Å². The van der Waals surface area contributed by atoms with Gasteiger partial charge in [-0.15, -0.1) is 5.10 Å². The van der Waals surface area contributed by atoms with Crippen molar-refractivity contribution < 1.29 is 8.81 Å². The third-order valence-electron chi connectivity index (χ3n) is 3.75. The topological polar surface area (TPSA) is 101 Å². The van der Waals surface area contributed by atoms with Crippen LogP contribution in [0.15, 0.2) is 55.5 Å². The van der Waals surface area contributed by atoms with Gasteiger partial charge in [0.05, 0.1) is 23.3 Å². The monoisotopic (exact) mass is 432 g/mol. The van der Waals surface area contributed by atoms with Crippen LogP contribution in [0.2, 0.25) is 0 Å². The summed E-state index contributed by atoms with van der Waals surface area (Å²) >= 11 is 3.47. The number of nitrogens with zero attached hydrogens (tertiary/aromatic N) is 3. The van der Waals surface area contributed by atoms with E-state index in [-0.39, 0.29) is 23.3 Å². The Balaban J connectivity index is 2.06. The van der Waals surface area contributed by atoms with Gasteiger partial charge in [-0.2, -0.15) is 0 Å². The molecular formula is C18H18BrFN6O. The van der Waals surface area contributed by atoms with E-state index in [0.717, 1.165) is 15.8 Å². The first-order valence-electron chi connectivity index (χ1n) is 8.07. The summed E-state index contributed by atoms with van der Waals surface area (Å²) in [5.41, 5.74) is 8.33. The van der Waals surface area contributed by atoms with Crippen molar-refractivity contribution in [3.63, 3.8) is 0 Å². The number of aromatic nitrogens is 2. The standard InChI is InChI=1S/C18H18BrFN6O/c1-10-7-11(19)3-4-12(8-10)24-16-13(17-25-26-18(21)27-17)5-6-14(15(16)20)23-9-22-2/h3-7,9,24H,8H2,1-2H3,(H2,21,26)(H,22,23). The second kappa shape index (κ2) is 8.17. The molecule has 1 aromatic heterocycles. The van der Waals surface area contributed by atoms with E-state index in [1.54, 1.807) is 19.2 Å². The molecule has 3 rings (SSSR count). The molecule has 27 heavy (non-hydrogen) atoms. The molecule has 4 N–H and O–H groups in total. The average Bonchev–Trinajstić information content (AvgIpc) is 2.98. The molecular weight excluding hydrogens is 415 g/mol. The smallest absolute Gasteiger partial charge is 0.313 e. The Morgan fingerprint density at radius 3 is 2.85 bits per heavy atom. The van der Waals surface area contributed by atoms with Gasteiger partial charge in [0.15, 0.2) is 5.82 Å². The average molecular weight is 433 g/mol. The Bertz CT molecular complexity index is 976. The predicted molar refractivity (Wildman–Crippen MR) is 109 cm³/mol. The predicted octanol–water partition coefficient (Wildman–Crippen LogP) is 4.45. The van der Waals surface area contributed by atoms with Gasteiger partial charge in [0, 0.05) is 23.6 Å². The van der Waals surface area contributed by atoms with E-state index >= 15 is 4.39 Å². The third kappa shape index (κ3) is 4.43. The molecule has 1 aliphatic rings. The normalized spacial score (nSPS) is 14.4. The van der Waals surface area contributed by atoms with Crippen molar-refractivity contribution in [2.45, 2.75) is 13.3 Å². The Morgan fingerprint density at radius 2 is 2.15 bits per heavy atom. The molecule has 7 nitrogen and oxygen atoms in total. The van der Waals surface area contributed by atoms with Crippen LogP contribution in [0.1, 0.15) is 13.3 Å². The highest BCUT2D eigenvalue weighted by atomic mass is 79.9. The van der Waals surface area contributed by atoms with Crippen LogP contribution in [0, 0.1) is 5.82 Å². The van der Waals surface area contributed by atoms with E-state index in [4.69, 9.17) is 10.2 Å². The van der Waals surface area contributed by atoms with Crippen molar-refractivity contribution in [2.75, 3.05) is 23.4 Å². The number of anilines is 3. The first kappa shape index (κ1) is 18.8. The lowest BCUT2D eigenvalue weighted by Crippen LogP contribution is -2.07. The first-order chi connectivity index (χ1) is 13.0. The molecule has 0 amide bonds. The molecule has 140 valence electrons. The van der Waals surface area contributed by atoms with Crippen molar-refractivity contribution in [1.29, 1.82) is 0 Å². The maximum absolute atomic E-state index is 15.2. The fraction of sp³-hybridized carbons (Fsp3) is 0.167. The lowest BCUT2D eigenvalue weighted by molar-refractivity contribution is 0.588. The third-order valence-corrected chi connectivity index (χ3v) is 4.24. The number of nitrogen functional groups attached to an aromatic ring is 1. The molecule has 0 saturated heterocycles. The molecule has 0 saturated carbocycles. The quantitative estimate of drug-likeness (QED) is 0.476. The van der Waals surface area contributed by atoms with Crippen LogP contribution in [-0.2, 0) is 0 Å². The van der Waals surface area contributed by atoms with E-state index in [1.807, 2.05) is 25.2 Å². The van der Waals surface area contributed by atoms with Crippen LogP contribution in [0.5, 0.6) is 0 Å². The van der Waals surface area contributed by atoms with Crippen LogP contribution in [-0.4, -0.2) is 23.6 Å². The van der Waals surface area contributed by atoms with Gasteiger partial charge in [0.2, 0.25) is 0 Å². The van der Waals surface area contributed by atoms with Crippen molar-refractivity contribution >= 4 is 39.7 Å². The maximum Gasteiger partial charge on any atom is 0.313 e. The number of halogens is 2. The summed E-state index contributed by atoms with van der Waals surface area (Å²) in [5, 5.41) is 13.5. The lowest BCUT2D eigenvalue weighted by Gasteiger charge is -2.16. The molecule has 1 aromatic carbocycles. The van der Waals surface area contributed by atoms with E-state index in [2.05, 4.69) is 41.8 Å². The summed E-state index contributed by atoms with van der Waals surface area (Å²) in [5.74, 6) is -0.373. The van der Waals surface area contributed by atoms with Gasteiger partial charge in [0.25, 0.3) is 5.89 Å². The minimum atomic E-state index is -0.501. The molecule has 0 spiro atoms. The van der Waals surface area contributed by atoms with Gasteiger partial charge in [0.1, 0.15) is 0 Å². The number of nitrogens with two attached hydrogens (primary N) is 1. The van der Waals surface area contributed by atoms with Crippen LogP contribution in [0.4, 0.5) is 21.8 Å². The van der Waals surface area contributed by atoms with E-state index in [1.165, 1.54) is 6.34 Å². The van der Waals surface area contributed by atoms with Gasteiger partial charge in [-0.3, -0.25) is 4.99 Å². The van der Waals surface area contributed by atoms with Gasteiger partial charge in [-0.05, 0) is 37.3 Å². The maximum atomic E-state index is 15.2. The van der Waals surface area contributed by atoms with Gasteiger partial charge >= 0.3 is 6.01 Å².